The number of nitrogens with zero attached hydrogens (tertiary/aromatic N) is 2. The van der Waals surface area contributed by atoms with Crippen LogP contribution in [0.2, 0.25) is 0 Å². The lowest BCUT2D eigenvalue weighted by atomic mass is 10.0. The van der Waals surface area contributed by atoms with E-state index in [0.29, 0.717) is 12.1 Å². The van der Waals surface area contributed by atoms with Crippen LogP contribution in [0.1, 0.15) is 42.6 Å². The number of benzene rings is 1. The Bertz CT molecular complexity index is 630. The number of aryl methyl sites for hydroxylation is 1. The van der Waals surface area contributed by atoms with Crippen LogP contribution in [-0.2, 0) is 0 Å². The van der Waals surface area contributed by atoms with Crippen LogP contribution in [0.5, 0.6) is 5.75 Å². The third-order valence-corrected chi connectivity index (χ3v) is 4.05. The second kappa shape index (κ2) is 4.54. The normalized spacial score (nSPS) is 21.1. The second-order valence-corrected chi connectivity index (χ2v) is 5.72. The van der Waals surface area contributed by atoms with Crippen molar-refractivity contribution in [3.8, 4) is 5.75 Å². The number of aromatic nitrogens is 2. The summed E-state index contributed by atoms with van der Waals surface area (Å²) in [6.07, 6.45) is 5.68. The predicted molar refractivity (Wildman–Crippen MR) is 78.2 cm³/mol. The summed E-state index contributed by atoms with van der Waals surface area (Å²) in [5.41, 5.74) is 2.32. The number of hydrogen-bond acceptors (Lipinski definition) is 3. The molecular weight excluding hydrogens is 250 g/mol. The molecule has 0 spiro atoms. The van der Waals surface area contributed by atoms with E-state index in [1.54, 1.807) is 0 Å². The molecule has 1 aliphatic carbocycles. The lowest BCUT2D eigenvalue weighted by Crippen LogP contribution is -2.21. The summed E-state index contributed by atoms with van der Waals surface area (Å²) in [6.45, 7) is 2.82. The van der Waals surface area contributed by atoms with Crippen LogP contribution in [-0.4, -0.2) is 16.2 Å². The Kier molecular flexibility index (Phi) is 2.69. The lowest BCUT2D eigenvalue weighted by Gasteiger charge is -2.27. The highest BCUT2D eigenvalue weighted by Crippen LogP contribution is 2.39. The van der Waals surface area contributed by atoms with Crippen molar-refractivity contribution in [3.05, 3.63) is 41.7 Å². The first-order valence-electron chi connectivity index (χ1n) is 7.35. The van der Waals surface area contributed by atoms with Crippen molar-refractivity contribution >= 4 is 5.95 Å². The van der Waals surface area contributed by atoms with E-state index >= 15 is 0 Å². The molecule has 20 heavy (non-hydrogen) atoms. The number of anilines is 1. The van der Waals surface area contributed by atoms with Crippen molar-refractivity contribution in [2.24, 2.45) is 0 Å². The van der Waals surface area contributed by atoms with Gasteiger partial charge in [0.1, 0.15) is 5.75 Å². The van der Waals surface area contributed by atoms with Gasteiger partial charge in [-0.25, -0.2) is 4.98 Å². The van der Waals surface area contributed by atoms with Crippen molar-refractivity contribution < 1.29 is 4.74 Å². The summed E-state index contributed by atoms with van der Waals surface area (Å²) >= 11 is 0. The third kappa shape index (κ3) is 2.05. The zero-order chi connectivity index (χ0) is 13.5. The first-order valence-corrected chi connectivity index (χ1v) is 7.35. The first-order chi connectivity index (χ1) is 9.81. The Morgan fingerprint density at radius 2 is 2.10 bits per heavy atom. The SMILES string of the molecule is Cc1cn(C2CC2)c(NC2CCOc3ccccc32)n1. The minimum absolute atomic E-state index is 0.291. The minimum atomic E-state index is 0.291. The van der Waals surface area contributed by atoms with Gasteiger partial charge in [-0.15, -0.1) is 0 Å². The highest BCUT2D eigenvalue weighted by Gasteiger charge is 2.28. The monoisotopic (exact) mass is 269 g/mol. The van der Waals surface area contributed by atoms with Gasteiger partial charge in [-0.1, -0.05) is 18.2 Å². The van der Waals surface area contributed by atoms with Gasteiger partial charge in [-0.3, -0.25) is 0 Å². The average molecular weight is 269 g/mol. The van der Waals surface area contributed by atoms with Crippen LogP contribution in [0.4, 0.5) is 5.95 Å². The number of fused-ring (bicyclic) bond motifs is 1. The molecule has 1 aromatic carbocycles. The standard InChI is InChI=1S/C16H19N3O/c1-11-10-19(12-6-7-12)16(17-11)18-14-8-9-20-15-5-3-2-4-13(14)15/h2-5,10,12,14H,6-9H2,1H3,(H,17,18). The molecule has 1 aliphatic heterocycles. The van der Waals surface area contributed by atoms with Gasteiger partial charge >= 0.3 is 0 Å². The summed E-state index contributed by atoms with van der Waals surface area (Å²) in [6, 6.07) is 9.22. The molecule has 0 bridgehead atoms. The van der Waals surface area contributed by atoms with Crippen molar-refractivity contribution in [2.45, 2.75) is 38.3 Å². The molecule has 1 aromatic heterocycles. The van der Waals surface area contributed by atoms with Crippen LogP contribution in [0, 0.1) is 6.92 Å². The van der Waals surface area contributed by atoms with E-state index in [2.05, 4.69) is 40.1 Å². The molecule has 0 saturated heterocycles. The molecule has 4 rings (SSSR count). The third-order valence-electron chi connectivity index (χ3n) is 4.05. The molecule has 1 fully saturated rings. The molecule has 2 aliphatic rings. The van der Waals surface area contributed by atoms with Gasteiger partial charge in [0.25, 0.3) is 0 Å². The molecular formula is C16H19N3O. The first kappa shape index (κ1) is 11.8. The smallest absolute Gasteiger partial charge is 0.203 e. The fourth-order valence-electron chi connectivity index (χ4n) is 2.90. The number of nitrogens with one attached hydrogen (secondary N) is 1. The van der Waals surface area contributed by atoms with Crippen molar-refractivity contribution in [1.29, 1.82) is 0 Å². The van der Waals surface area contributed by atoms with Crippen molar-refractivity contribution in [2.75, 3.05) is 11.9 Å². The molecule has 1 atom stereocenters. The second-order valence-electron chi connectivity index (χ2n) is 5.72. The van der Waals surface area contributed by atoms with Gasteiger partial charge in [-0.05, 0) is 25.8 Å². The lowest BCUT2D eigenvalue weighted by molar-refractivity contribution is 0.274. The average Bonchev–Trinajstić information content (AvgIpc) is 3.24. The molecule has 4 heteroatoms. The molecule has 1 N–H and O–H groups in total. The Labute approximate surface area is 118 Å². The zero-order valence-corrected chi connectivity index (χ0v) is 11.7. The highest BCUT2D eigenvalue weighted by atomic mass is 16.5. The Morgan fingerprint density at radius 1 is 1.25 bits per heavy atom. The highest BCUT2D eigenvalue weighted by molar-refractivity contribution is 5.43. The van der Waals surface area contributed by atoms with Crippen LogP contribution < -0.4 is 10.1 Å². The maximum atomic E-state index is 5.72. The summed E-state index contributed by atoms with van der Waals surface area (Å²) in [7, 11) is 0. The predicted octanol–water partition coefficient (Wildman–Crippen LogP) is 3.46. The van der Waals surface area contributed by atoms with Crippen LogP contribution in [0.3, 0.4) is 0 Å². The summed E-state index contributed by atoms with van der Waals surface area (Å²) in [5, 5.41) is 3.62. The Balaban J connectivity index is 1.64. The summed E-state index contributed by atoms with van der Waals surface area (Å²) < 4.78 is 8.02. The molecule has 104 valence electrons. The zero-order valence-electron chi connectivity index (χ0n) is 11.7. The summed E-state index contributed by atoms with van der Waals surface area (Å²) in [4.78, 5) is 4.65. The van der Waals surface area contributed by atoms with E-state index in [0.717, 1.165) is 30.4 Å². The molecule has 2 heterocycles. The van der Waals surface area contributed by atoms with Gasteiger partial charge in [0.15, 0.2) is 0 Å². The quantitative estimate of drug-likeness (QED) is 0.927. The van der Waals surface area contributed by atoms with Gasteiger partial charge in [-0.2, -0.15) is 0 Å². The van der Waals surface area contributed by atoms with E-state index < -0.39 is 0 Å². The molecule has 4 nitrogen and oxygen atoms in total. The van der Waals surface area contributed by atoms with Gasteiger partial charge in [0.05, 0.1) is 18.3 Å². The van der Waals surface area contributed by atoms with Crippen LogP contribution in [0.15, 0.2) is 30.5 Å². The molecule has 0 radical (unpaired) electrons. The summed E-state index contributed by atoms with van der Waals surface area (Å²) in [5.74, 6) is 2.00. The molecule has 2 aromatic rings. The molecule has 1 saturated carbocycles. The van der Waals surface area contributed by atoms with E-state index in [1.807, 2.05) is 12.1 Å². The van der Waals surface area contributed by atoms with E-state index in [4.69, 9.17) is 4.74 Å². The van der Waals surface area contributed by atoms with Gasteiger partial charge in [0.2, 0.25) is 5.95 Å². The van der Waals surface area contributed by atoms with Crippen molar-refractivity contribution in [3.63, 3.8) is 0 Å². The molecule has 1 unspecified atom stereocenters. The number of hydrogen-bond donors (Lipinski definition) is 1. The largest absolute Gasteiger partial charge is 0.493 e. The maximum absolute atomic E-state index is 5.72. The Hall–Kier alpha value is -1.97. The van der Waals surface area contributed by atoms with Crippen LogP contribution in [0.25, 0.3) is 0 Å². The topological polar surface area (TPSA) is 39.1 Å². The van der Waals surface area contributed by atoms with Crippen molar-refractivity contribution in [1.82, 2.24) is 9.55 Å². The van der Waals surface area contributed by atoms with Gasteiger partial charge in [0, 0.05) is 24.2 Å². The fourth-order valence-corrected chi connectivity index (χ4v) is 2.90. The van der Waals surface area contributed by atoms with Crippen LogP contribution >= 0.6 is 0 Å². The van der Waals surface area contributed by atoms with Gasteiger partial charge < -0.3 is 14.6 Å². The minimum Gasteiger partial charge on any atom is -0.493 e. The fraction of sp³-hybridized carbons (Fsp3) is 0.438. The number of rotatable bonds is 3. The molecule has 0 amide bonds. The number of ether oxygens (including phenoxy) is 1. The maximum Gasteiger partial charge on any atom is 0.203 e. The number of imidazole rings is 1. The van der Waals surface area contributed by atoms with E-state index in [9.17, 15) is 0 Å². The Morgan fingerprint density at radius 3 is 2.95 bits per heavy atom. The van der Waals surface area contributed by atoms with E-state index in [1.165, 1.54) is 18.4 Å². The van der Waals surface area contributed by atoms with E-state index in [-0.39, 0.29) is 0 Å². The number of para-hydroxylation sites is 1.